The highest BCUT2D eigenvalue weighted by molar-refractivity contribution is 5.93. The van der Waals surface area contributed by atoms with Crippen LogP contribution in [0, 0.1) is 12.8 Å². The molecular formula is C17H24N4O2. The van der Waals surface area contributed by atoms with Gasteiger partial charge in [-0.05, 0) is 37.8 Å². The number of carbonyl (C=O) groups is 1. The number of hydrogen-bond donors (Lipinski definition) is 1. The van der Waals surface area contributed by atoms with Crippen molar-refractivity contribution in [1.29, 1.82) is 0 Å². The lowest BCUT2D eigenvalue weighted by Crippen LogP contribution is -2.38. The van der Waals surface area contributed by atoms with Crippen molar-refractivity contribution >= 4 is 5.91 Å². The fourth-order valence-electron chi connectivity index (χ4n) is 3.18. The van der Waals surface area contributed by atoms with Crippen molar-refractivity contribution in [2.45, 2.75) is 25.8 Å². The molecule has 3 heterocycles. The van der Waals surface area contributed by atoms with Gasteiger partial charge in [-0.1, -0.05) is 0 Å². The van der Waals surface area contributed by atoms with Gasteiger partial charge in [0.1, 0.15) is 11.5 Å². The summed E-state index contributed by atoms with van der Waals surface area (Å²) in [6.45, 7) is 3.47. The Morgan fingerprint density at radius 2 is 2.09 bits per heavy atom. The zero-order chi connectivity index (χ0) is 16.4. The highest BCUT2D eigenvalue weighted by Crippen LogP contribution is 2.29. The normalized spacial score (nSPS) is 17.2. The largest absolute Gasteiger partial charge is 0.381 e. The number of hydrogen-bond acceptors (Lipinski definition) is 3. The quantitative estimate of drug-likeness (QED) is 0.938. The third-order valence-electron chi connectivity index (χ3n) is 4.77. The van der Waals surface area contributed by atoms with Crippen LogP contribution in [-0.2, 0) is 18.8 Å². The van der Waals surface area contributed by atoms with Crippen LogP contribution in [0.2, 0.25) is 0 Å². The molecule has 1 aliphatic heterocycles. The van der Waals surface area contributed by atoms with Gasteiger partial charge in [0.25, 0.3) is 5.91 Å². The molecule has 1 N–H and O–H groups in total. The fourth-order valence-corrected chi connectivity index (χ4v) is 3.18. The summed E-state index contributed by atoms with van der Waals surface area (Å²) < 4.78 is 9.36. The number of ether oxygens (including phenoxy) is 1. The number of imidazole rings is 1. The average molecular weight is 316 g/mol. The summed E-state index contributed by atoms with van der Waals surface area (Å²) >= 11 is 0. The lowest BCUT2D eigenvalue weighted by molar-refractivity contribution is 0.0498. The van der Waals surface area contributed by atoms with Gasteiger partial charge >= 0.3 is 0 Å². The molecule has 0 radical (unpaired) electrons. The van der Waals surface area contributed by atoms with E-state index in [1.54, 1.807) is 6.20 Å². The molecule has 6 nitrogen and oxygen atoms in total. The lowest BCUT2D eigenvalue weighted by atomic mass is 9.91. The van der Waals surface area contributed by atoms with Gasteiger partial charge < -0.3 is 19.2 Å². The summed E-state index contributed by atoms with van der Waals surface area (Å²) in [5.41, 5.74) is 1.74. The lowest BCUT2D eigenvalue weighted by Gasteiger charge is -2.30. The van der Waals surface area contributed by atoms with Crippen LogP contribution < -0.4 is 5.32 Å². The summed E-state index contributed by atoms with van der Waals surface area (Å²) in [6.07, 6.45) is 5.56. The first-order chi connectivity index (χ1) is 11.1. The number of rotatable bonds is 4. The molecule has 1 fully saturated rings. The van der Waals surface area contributed by atoms with E-state index >= 15 is 0 Å². The first-order valence-corrected chi connectivity index (χ1v) is 8.06. The standard InChI is InChI=1S/C17H24N4O2/c1-12-4-5-14(21(12)3)17(22)19-15(13-6-10-23-11-7-13)16-18-8-9-20(16)2/h4-5,8-9,13,15H,6-7,10-11H2,1-3H3,(H,19,22)/t15-/m1/s1. The maximum absolute atomic E-state index is 12.7. The van der Waals surface area contributed by atoms with E-state index in [0.29, 0.717) is 11.6 Å². The number of aryl methyl sites for hydroxylation is 2. The van der Waals surface area contributed by atoms with Gasteiger partial charge in [0.2, 0.25) is 0 Å². The zero-order valence-electron chi connectivity index (χ0n) is 14.0. The minimum Gasteiger partial charge on any atom is -0.381 e. The van der Waals surface area contributed by atoms with Gasteiger partial charge in [-0.15, -0.1) is 0 Å². The molecule has 1 amide bonds. The van der Waals surface area contributed by atoms with Crippen molar-refractivity contribution < 1.29 is 9.53 Å². The minimum absolute atomic E-state index is 0.0555. The van der Waals surface area contributed by atoms with Crippen molar-refractivity contribution in [2.75, 3.05) is 13.2 Å². The molecule has 0 spiro atoms. The van der Waals surface area contributed by atoms with Crippen molar-refractivity contribution in [3.05, 3.63) is 41.7 Å². The maximum atomic E-state index is 12.7. The van der Waals surface area contributed by atoms with E-state index in [0.717, 1.165) is 37.6 Å². The molecule has 3 rings (SSSR count). The fraction of sp³-hybridized carbons (Fsp3) is 0.529. The van der Waals surface area contributed by atoms with E-state index in [4.69, 9.17) is 4.74 Å². The molecule has 2 aromatic heterocycles. The third kappa shape index (κ3) is 3.17. The summed E-state index contributed by atoms with van der Waals surface area (Å²) in [4.78, 5) is 17.2. The van der Waals surface area contributed by atoms with E-state index in [1.807, 2.05) is 48.5 Å². The summed E-state index contributed by atoms with van der Waals surface area (Å²) in [6, 6.07) is 3.73. The van der Waals surface area contributed by atoms with Crippen LogP contribution in [-0.4, -0.2) is 33.2 Å². The van der Waals surface area contributed by atoms with Crippen molar-refractivity contribution in [2.24, 2.45) is 20.0 Å². The first-order valence-electron chi connectivity index (χ1n) is 8.06. The SMILES string of the molecule is Cc1ccc(C(=O)N[C@@H](c2nccn2C)C2CCOCC2)n1C. The van der Waals surface area contributed by atoms with E-state index in [1.165, 1.54) is 0 Å². The Morgan fingerprint density at radius 3 is 2.65 bits per heavy atom. The number of nitrogens with one attached hydrogen (secondary N) is 1. The third-order valence-corrected chi connectivity index (χ3v) is 4.77. The Labute approximate surface area is 136 Å². The predicted molar refractivity (Wildman–Crippen MR) is 87.1 cm³/mol. The number of amides is 1. The Hall–Kier alpha value is -2.08. The van der Waals surface area contributed by atoms with Crippen LogP contribution in [0.4, 0.5) is 0 Å². The van der Waals surface area contributed by atoms with Gasteiger partial charge in [-0.2, -0.15) is 0 Å². The second kappa shape index (κ2) is 6.58. The van der Waals surface area contributed by atoms with Crippen LogP contribution in [0.3, 0.4) is 0 Å². The van der Waals surface area contributed by atoms with E-state index in [2.05, 4.69) is 10.3 Å². The second-order valence-electron chi connectivity index (χ2n) is 6.22. The predicted octanol–water partition coefficient (Wildman–Crippen LogP) is 1.96. The van der Waals surface area contributed by atoms with Gasteiger partial charge in [0.05, 0.1) is 6.04 Å². The zero-order valence-corrected chi connectivity index (χ0v) is 14.0. The molecule has 0 aromatic carbocycles. The van der Waals surface area contributed by atoms with E-state index in [9.17, 15) is 4.79 Å². The Kier molecular flexibility index (Phi) is 4.52. The molecule has 2 aromatic rings. The van der Waals surface area contributed by atoms with E-state index in [-0.39, 0.29) is 11.9 Å². The molecule has 0 saturated carbocycles. The van der Waals surface area contributed by atoms with Crippen LogP contribution in [0.15, 0.2) is 24.5 Å². The summed E-state index contributed by atoms with van der Waals surface area (Å²) in [7, 11) is 3.88. The molecule has 1 saturated heterocycles. The number of carbonyl (C=O) groups excluding carboxylic acids is 1. The highest BCUT2D eigenvalue weighted by atomic mass is 16.5. The minimum atomic E-state index is -0.0957. The van der Waals surface area contributed by atoms with Crippen molar-refractivity contribution in [3.8, 4) is 0 Å². The highest BCUT2D eigenvalue weighted by Gasteiger charge is 2.30. The van der Waals surface area contributed by atoms with Crippen LogP contribution >= 0.6 is 0 Å². The van der Waals surface area contributed by atoms with Gasteiger partial charge in [-0.3, -0.25) is 4.79 Å². The summed E-state index contributed by atoms with van der Waals surface area (Å²) in [5.74, 6) is 1.19. The number of aromatic nitrogens is 3. The molecule has 0 unspecified atom stereocenters. The summed E-state index contributed by atoms with van der Waals surface area (Å²) in [5, 5.41) is 3.20. The van der Waals surface area contributed by atoms with Gasteiger partial charge in [0.15, 0.2) is 0 Å². The first kappa shape index (κ1) is 15.8. The van der Waals surface area contributed by atoms with E-state index < -0.39 is 0 Å². The molecular weight excluding hydrogens is 292 g/mol. The maximum Gasteiger partial charge on any atom is 0.268 e. The molecule has 124 valence electrons. The number of nitrogens with zero attached hydrogens (tertiary/aromatic N) is 3. The smallest absolute Gasteiger partial charge is 0.268 e. The Morgan fingerprint density at radius 1 is 1.35 bits per heavy atom. The van der Waals surface area contributed by atoms with Crippen LogP contribution in [0.1, 0.15) is 40.9 Å². The molecule has 0 bridgehead atoms. The van der Waals surface area contributed by atoms with Gasteiger partial charge in [-0.25, -0.2) is 4.98 Å². The van der Waals surface area contributed by atoms with Crippen LogP contribution in [0.25, 0.3) is 0 Å². The molecule has 23 heavy (non-hydrogen) atoms. The molecule has 1 aliphatic rings. The van der Waals surface area contributed by atoms with Crippen LogP contribution in [0.5, 0.6) is 0 Å². The topological polar surface area (TPSA) is 61.1 Å². The second-order valence-corrected chi connectivity index (χ2v) is 6.22. The van der Waals surface area contributed by atoms with Crippen molar-refractivity contribution in [1.82, 2.24) is 19.4 Å². The molecule has 6 heteroatoms. The van der Waals surface area contributed by atoms with Crippen molar-refractivity contribution in [3.63, 3.8) is 0 Å². The molecule has 1 atom stereocenters. The Bertz CT molecular complexity index is 683. The monoisotopic (exact) mass is 316 g/mol. The Balaban J connectivity index is 1.85. The average Bonchev–Trinajstić information content (AvgIpc) is 3.12. The van der Waals surface area contributed by atoms with Gasteiger partial charge in [0, 0.05) is 45.4 Å². The molecule has 0 aliphatic carbocycles.